The molecule has 1 heterocycles. The summed E-state index contributed by atoms with van der Waals surface area (Å²) in [5, 5.41) is 2.86. The molecule has 1 aliphatic rings. The topological polar surface area (TPSA) is 113 Å². The van der Waals surface area contributed by atoms with E-state index in [1.165, 1.54) is 42.7 Å². The second kappa shape index (κ2) is 11.0. The molecule has 0 bridgehead atoms. The number of anilines is 1. The minimum atomic E-state index is -3.89. The number of sulfonamides is 2. The van der Waals surface area contributed by atoms with Gasteiger partial charge in [0.05, 0.1) is 15.7 Å². The van der Waals surface area contributed by atoms with Gasteiger partial charge >= 0.3 is 0 Å². The Balaban J connectivity index is 1.40. The second-order valence-electron chi connectivity index (χ2n) is 8.89. The number of nitrogens with one attached hydrogen (secondary N) is 1. The van der Waals surface area contributed by atoms with Crippen molar-refractivity contribution in [3.05, 3.63) is 78.9 Å². The van der Waals surface area contributed by atoms with Crippen molar-refractivity contribution in [1.82, 2.24) is 8.61 Å². The van der Waals surface area contributed by atoms with Crippen LogP contribution in [0.5, 0.6) is 11.5 Å². The van der Waals surface area contributed by atoms with Crippen molar-refractivity contribution < 1.29 is 26.4 Å². The summed E-state index contributed by atoms with van der Waals surface area (Å²) < 4.78 is 59.1. The molecule has 1 N–H and O–H groups in total. The van der Waals surface area contributed by atoms with Crippen molar-refractivity contribution in [3.63, 3.8) is 0 Å². The molecule has 1 fully saturated rings. The van der Waals surface area contributed by atoms with Gasteiger partial charge in [-0.05, 0) is 73.5 Å². The maximum Gasteiger partial charge on any atom is 0.243 e. The third kappa shape index (κ3) is 6.19. The number of hydrogen-bond donors (Lipinski definition) is 1. The van der Waals surface area contributed by atoms with E-state index in [0.29, 0.717) is 30.0 Å². The third-order valence-corrected chi connectivity index (χ3v) is 9.80. The van der Waals surface area contributed by atoms with Gasteiger partial charge in [0, 0.05) is 32.9 Å². The molecule has 0 aromatic heterocycles. The van der Waals surface area contributed by atoms with Gasteiger partial charge in [-0.15, -0.1) is 0 Å². The van der Waals surface area contributed by atoms with Crippen molar-refractivity contribution in [3.8, 4) is 11.5 Å². The number of carbonyl (C=O) groups excluding carboxylic acids is 1. The Bertz CT molecular complexity index is 1440. The lowest BCUT2D eigenvalue weighted by Gasteiger charge is -2.31. The zero-order valence-corrected chi connectivity index (χ0v) is 22.2. The average molecular weight is 544 g/mol. The van der Waals surface area contributed by atoms with Crippen LogP contribution in [0.1, 0.15) is 12.8 Å². The van der Waals surface area contributed by atoms with E-state index in [1.54, 1.807) is 24.3 Å². The Morgan fingerprint density at radius 3 is 2.08 bits per heavy atom. The summed E-state index contributed by atoms with van der Waals surface area (Å²) in [5.41, 5.74) is 0.586. The molecule has 1 amide bonds. The molecule has 1 aliphatic heterocycles. The van der Waals surface area contributed by atoms with Crippen molar-refractivity contribution in [1.29, 1.82) is 0 Å². The van der Waals surface area contributed by atoms with Crippen LogP contribution in [0.4, 0.5) is 5.69 Å². The van der Waals surface area contributed by atoms with Crippen LogP contribution in [0.3, 0.4) is 0 Å². The van der Waals surface area contributed by atoms with E-state index in [9.17, 15) is 21.6 Å². The zero-order chi connectivity index (χ0) is 26.6. The Labute approximate surface area is 217 Å². The highest BCUT2D eigenvalue weighted by Gasteiger charge is 2.33. The van der Waals surface area contributed by atoms with Gasteiger partial charge < -0.3 is 10.1 Å². The van der Waals surface area contributed by atoms with Gasteiger partial charge in [-0.2, -0.15) is 4.31 Å². The maximum atomic E-state index is 13.2. The molecule has 1 saturated heterocycles. The zero-order valence-electron chi connectivity index (χ0n) is 20.6. The Morgan fingerprint density at radius 2 is 1.46 bits per heavy atom. The highest BCUT2D eigenvalue weighted by atomic mass is 32.2. The van der Waals surface area contributed by atoms with Gasteiger partial charge in [-0.1, -0.05) is 18.2 Å². The van der Waals surface area contributed by atoms with Gasteiger partial charge in [-0.3, -0.25) is 4.79 Å². The van der Waals surface area contributed by atoms with Crippen LogP contribution in [0.2, 0.25) is 0 Å². The first-order chi connectivity index (χ1) is 17.6. The fourth-order valence-corrected chi connectivity index (χ4v) is 6.42. The number of carbonyl (C=O) groups is 1. The highest BCUT2D eigenvalue weighted by molar-refractivity contribution is 7.89. The predicted octanol–water partition coefficient (Wildman–Crippen LogP) is 3.77. The standard InChI is InChI=1S/C26H29N3O6S2/c1-28(2)36(31,32)24-14-16-25(17-15-24)37(33,34)29-18-6-7-20(19-29)26(30)27-21-10-12-23(13-11-21)35-22-8-4-3-5-9-22/h3-5,8-17,20H,6-7,18-19H2,1-2H3,(H,27,30). The van der Waals surface area contributed by atoms with Crippen LogP contribution in [0, 0.1) is 5.92 Å². The number of piperidine rings is 1. The summed E-state index contributed by atoms with van der Waals surface area (Å²) in [5.74, 6) is 0.557. The van der Waals surface area contributed by atoms with Crippen LogP contribution in [-0.2, 0) is 24.8 Å². The molecule has 0 radical (unpaired) electrons. The van der Waals surface area contributed by atoms with Gasteiger partial charge in [0.15, 0.2) is 0 Å². The van der Waals surface area contributed by atoms with E-state index in [2.05, 4.69) is 5.32 Å². The fourth-order valence-electron chi connectivity index (χ4n) is 3.99. The molecular weight excluding hydrogens is 514 g/mol. The lowest BCUT2D eigenvalue weighted by atomic mass is 9.99. The van der Waals surface area contributed by atoms with Crippen LogP contribution in [0.15, 0.2) is 88.7 Å². The molecule has 3 aromatic carbocycles. The fraction of sp³-hybridized carbons (Fsp3) is 0.269. The van der Waals surface area contributed by atoms with E-state index in [1.807, 2.05) is 30.3 Å². The Morgan fingerprint density at radius 1 is 0.865 bits per heavy atom. The lowest BCUT2D eigenvalue weighted by Crippen LogP contribution is -2.43. The summed E-state index contributed by atoms with van der Waals surface area (Å²) in [6, 6.07) is 21.4. The number of amides is 1. The molecule has 0 saturated carbocycles. The smallest absolute Gasteiger partial charge is 0.243 e. The van der Waals surface area contributed by atoms with Crippen molar-refractivity contribution in [2.45, 2.75) is 22.6 Å². The second-order valence-corrected chi connectivity index (χ2v) is 13.0. The summed E-state index contributed by atoms with van der Waals surface area (Å²) in [4.78, 5) is 12.9. The number of nitrogens with zero attached hydrogens (tertiary/aromatic N) is 2. The van der Waals surface area contributed by atoms with Crippen molar-refractivity contribution in [2.24, 2.45) is 5.92 Å². The minimum absolute atomic E-state index is 0.00698. The van der Waals surface area contributed by atoms with Gasteiger partial charge in [0.1, 0.15) is 11.5 Å². The average Bonchev–Trinajstić information content (AvgIpc) is 2.90. The maximum absolute atomic E-state index is 13.2. The molecule has 3 aromatic rings. The Kier molecular flexibility index (Phi) is 7.98. The molecule has 1 unspecified atom stereocenters. The monoisotopic (exact) mass is 543 g/mol. The van der Waals surface area contributed by atoms with Gasteiger partial charge in [-0.25, -0.2) is 21.1 Å². The largest absolute Gasteiger partial charge is 0.457 e. The molecule has 37 heavy (non-hydrogen) atoms. The Hall–Kier alpha value is -3.25. The number of ether oxygens (including phenoxy) is 1. The van der Waals surface area contributed by atoms with Crippen LogP contribution in [-0.4, -0.2) is 58.5 Å². The first kappa shape index (κ1) is 26.8. The summed E-state index contributed by atoms with van der Waals surface area (Å²) in [7, 11) is -4.74. The van der Waals surface area contributed by atoms with Crippen LogP contribution >= 0.6 is 0 Å². The molecule has 11 heteroatoms. The van der Waals surface area contributed by atoms with E-state index >= 15 is 0 Å². The summed E-state index contributed by atoms with van der Waals surface area (Å²) in [6.45, 7) is 0.330. The number of benzene rings is 3. The van der Waals surface area contributed by atoms with E-state index < -0.39 is 26.0 Å². The number of rotatable bonds is 8. The van der Waals surface area contributed by atoms with E-state index in [0.717, 1.165) is 4.31 Å². The summed E-state index contributed by atoms with van der Waals surface area (Å²) >= 11 is 0. The summed E-state index contributed by atoms with van der Waals surface area (Å²) in [6.07, 6.45) is 1.10. The van der Waals surface area contributed by atoms with E-state index in [4.69, 9.17) is 4.74 Å². The van der Waals surface area contributed by atoms with Gasteiger partial charge in [0.2, 0.25) is 26.0 Å². The third-order valence-electron chi connectivity index (χ3n) is 6.10. The normalized spacial score (nSPS) is 16.9. The molecule has 196 valence electrons. The first-order valence-corrected chi connectivity index (χ1v) is 14.6. The minimum Gasteiger partial charge on any atom is -0.457 e. The highest BCUT2D eigenvalue weighted by Crippen LogP contribution is 2.27. The van der Waals surface area contributed by atoms with Crippen LogP contribution in [0.25, 0.3) is 0 Å². The lowest BCUT2D eigenvalue weighted by molar-refractivity contribution is -0.120. The van der Waals surface area contributed by atoms with Crippen LogP contribution < -0.4 is 10.1 Å². The SMILES string of the molecule is CN(C)S(=O)(=O)c1ccc(S(=O)(=O)N2CCCC(C(=O)Nc3ccc(Oc4ccccc4)cc3)C2)cc1. The van der Waals surface area contributed by atoms with E-state index in [-0.39, 0.29) is 28.8 Å². The van der Waals surface area contributed by atoms with Gasteiger partial charge in [0.25, 0.3) is 0 Å². The predicted molar refractivity (Wildman–Crippen MR) is 140 cm³/mol. The van der Waals surface area contributed by atoms with Crippen molar-refractivity contribution in [2.75, 3.05) is 32.5 Å². The molecule has 9 nitrogen and oxygen atoms in total. The molecular formula is C26H29N3O6S2. The molecule has 0 spiro atoms. The number of para-hydroxylation sites is 1. The van der Waals surface area contributed by atoms with Crippen molar-refractivity contribution >= 4 is 31.6 Å². The molecule has 1 atom stereocenters. The molecule has 0 aliphatic carbocycles. The quantitative estimate of drug-likeness (QED) is 0.463. The molecule has 4 rings (SSSR count). The number of hydrogen-bond acceptors (Lipinski definition) is 6. The first-order valence-electron chi connectivity index (χ1n) is 11.7.